The molecule has 0 unspecified atom stereocenters. The molecular formula is C12H20N2O2S. The first-order chi connectivity index (χ1) is 8.09. The standard InChI is InChI=1S/C12H20N2O2S/c1-3-6-11-7-4-5-8-12(11)14-17(15,16)10-9-13-2/h4-5,7-8,13-14H,3,6,9-10H2,1-2H3. The third-order valence-corrected chi connectivity index (χ3v) is 3.70. The fourth-order valence-corrected chi connectivity index (χ4v) is 2.67. The fourth-order valence-electron chi connectivity index (χ4n) is 1.56. The predicted octanol–water partition coefficient (Wildman–Crippen LogP) is 1.60. The zero-order chi connectivity index (χ0) is 12.7. The SMILES string of the molecule is CCCc1ccccc1NS(=O)(=O)CCNC. The zero-order valence-corrected chi connectivity index (χ0v) is 11.2. The van der Waals surface area contributed by atoms with Crippen LogP contribution in [0.5, 0.6) is 0 Å². The number of hydrogen-bond acceptors (Lipinski definition) is 3. The molecule has 0 atom stereocenters. The normalized spacial score (nSPS) is 11.4. The van der Waals surface area contributed by atoms with Gasteiger partial charge < -0.3 is 5.32 Å². The van der Waals surface area contributed by atoms with Gasteiger partial charge in [0.1, 0.15) is 0 Å². The van der Waals surface area contributed by atoms with Crippen LogP contribution in [-0.2, 0) is 16.4 Å². The Balaban J connectivity index is 2.80. The summed E-state index contributed by atoms with van der Waals surface area (Å²) in [6.45, 7) is 2.53. The first-order valence-corrected chi connectivity index (χ1v) is 7.47. The van der Waals surface area contributed by atoms with E-state index in [0.717, 1.165) is 18.4 Å². The molecule has 0 fully saturated rings. The fraction of sp³-hybridized carbons (Fsp3) is 0.500. The maximum Gasteiger partial charge on any atom is 0.233 e. The van der Waals surface area contributed by atoms with Gasteiger partial charge in [-0.3, -0.25) is 4.72 Å². The minimum absolute atomic E-state index is 0.0873. The van der Waals surface area contributed by atoms with Crippen LogP contribution >= 0.6 is 0 Å². The average Bonchev–Trinajstić information content (AvgIpc) is 2.29. The Hall–Kier alpha value is -1.07. The first-order valence-electron chi connectivity index (χ1n) is 5.82. The van der Waals surface area contributed by atoms with Gasteiger partial charge in [0.2, 0.25) is 10.0 Å². The molecule has 0 radical (unpaired) electrons. The van der Waals surface area contributed by atoms with Gasteiger partial charge in [-0.25, -0.2) is 8.42 Å². The van der Waals surface area contributed by atoms with E-state index >= 15 is 0 Å². The monoisotopic (exact) mass is 256 g/mol. The van der Waals surface area contributed by atoms with Gasteiger partial charge in [0, 0.05) is 6.54 Å². The highest BCUT2D eigenvalue weighted by Crippen LogP contribution is 2.18. The highest BCUT2D eigenvalue weighted by atomic mass is 32.2. The van der Waals surface area contributed by atoms with Gasteiger partial charge in [0.15, 0.2) is 0 Å². The van der Waals surface area contributed by atoms with E-state index in [-0.39, 0.29) is 5.75 Å². The Bertz CT molecular complexity index is 444. The van der Waals surface area contributed by atoms with Crippen LogP contribution in [-0.4, -0.2) is 27.8 Å². The molecule has 0 saturated carbocycles. The van der Waals surface area contributed by atoms with E-state index in [4.69, 9.17) is 0 Å². The van der Waals surface area contributed by atoms with Gasteiger partial charge in [-0.2, -0.15) is 0 Å². The van der Waals surface area contributed by atoms with Crippen LogP contribution in [0.4, 0.5) is 5.69 Å². The molecule has 1 aromatic carbocycles. The summed E-state index contributed by atoms with van der Waals surface area (Å²) in [7, 11) is -1.51. The number of anilines is 1. The van der Waals surface area contributed by atoms with Crippen molar-refractivity contribution < 1.29 is 8.42 Å². The minimum atomic E-state index is -3.25. The molecule has 5 heteroatoms. The quantitative estimate of drug-likeness (QED) is 0.779. The summed E-state index contributed by atoms with van der Waals surface area (Å²) in [5, 5.41) is 2.83. The molecule has 0 aromatic heterocycles. The van der Waals surface area contributed by atoms with E-state index < -0.39 is 10.0 Å². The van der Waals surface area contributed by atoms with Gasteiger partial charge in [-0.05, 0) is 25.1 Å². The smallest absolute Gasteiger partial charge is 0.233 e. The zero-order valence-electron chi connectivity index (χ0n) is 10.4. The van der Waals surface area contributed by atoms with E-state index in [9.17, 15) is 8.42 Å². The van der Waals surface area contributed by atoms with Crippen molar-refractivity contribution in [2.45, 2.75) is 19.8 Å². The van der Waals surface area contributed by atoms with Crippen molar-refractivity contribution in [1.82, 2.24) is 5.32 Å². The highest BCUT2D eigenvalue weighted by molar-refractivity contribution is 7.92. The Labute approximate surface area is 103 Å². The number of sulfonamides is 1. The van der Waals surface area contributed by atoms with Crippen molar-refractivity contribution in [2.24, 2.45) is 0 Å². The van der Waals surface area contributed by atoms with Crippen molar-refractivity contribution in [3.63, 3.8) is 0 Å². The maximum atomic E-state index is 11.8. The molecule has 0 aliphatic heterocycles. The Morgan fingerprint density at radius 1 is 1.24 bits per heavy atom. The van der Waals surface area contributed by atoms with E-state index in [1.54, 1.807) is 7.05 Å². The number of para-hydroxylation sites is 1. The van der Waals surface area contributed by atoms with Crippen LogP contribution in [0.1, 0.15) is 18.9 Å². The third-order valence-electron chi connectivity index (χ3n) is 2.42. The molecule has 96 valence electrons. The number of nitrogens with one attached hydrogen (secondary N) is 2. The second kappa shape index (κ2) is 6.61. The van der Waals surface area contributed by atoms with E-state index in [2.05, 4.69) is 17.0 Å². The lowest BCUT2D eigenvalue weighted by molar-refractivity contribution is 0.598. The van der Waals surface area contributed by atoms with Crippen LogP contribution < -0.4 is 10.0 Å². The van der Waals surface area contributed by atoms with Crippen LogP contribution in [0.2, 0.25) is 0 Å². The summed E-state index contributed by atoms with van der Waals surface area (Å²) < 4.78 is 26.2. The lowest BCUT2D eigenvalue weighted by Crippen LogP contribution is -2.24. The van der Waals surface area contributed by atoms with Crippen LogP contribution in [0.15, 0.2) is 24.3 Å². The van der Waals surface area contributed by atoms with Crippen molar-refractivity contribution in [2.75, 3.05) is 24.1 Å². The van der Waals surface area contributed by atoms with Crippen molar-refractivity contribution in [3.8, 4) is 0 Å². The molecule has 0 bridgehead atoms. The second-order valence-electron chi connectivity index (χ2n) is 3.93. The van der Waals surface area contributed by atoms with Gasteiger partial charge in [0.25, 0.3) is 0 Å². The van der Waals surface area contributed by atoms with E-state index in [1.807, 2.05) is 24.3 Å². The summed E-state index contributed by atoms with van der Waals surface area (Å²) in [6, 6.07) is 7.53. The lowest BCUT2D eigenvalue weighted by Gasteiger charge is -2.11. The van der Waals surface area contributed by atoms with Crippen molar-refractivity contribution >= 4 is 15.7 Å². The molecule has 0 aliphatic rings. The van der Waals surface area contributed by atoms with E-state index in [1.165, 1.54) is 0 Å². The average molecular weight is 256 g/mol. The summed E-state index contributed by atoms with van der Waals surface area (Å²) >= 11 is 0. The van der Waals surface area contributed by atoms with Gasteiger partial charge in [-0.1, -0.05) is 31.5 Å². The first kappa shape index (κ1) is 14.0. The Morgan fingerprint density at radius 3 is 2.59 bits per heavy atom. The summed E-state index contributed by atoms with van der Waals surface area (Å²) in [6.07, 6.45) is 1.87. The molecular weight excluding hydrogens is 236 g/mol. The van der Waals surface area contributed by atoms with Gasteiger partial charge in [0.05, 0.1) is 11.4 Å². The second-order valence-corrected chi connectivity index (χ2v) is 5.77. The number of aryl methyl sites for hydroxylation is 1. The molecule has 4 nitrogen and oxygen atoms in total. The molecule has 0 heterocycles. The number of benzene rings is 1. The summed E-state index contributed by atoms with van der Waals surface area (Å²) in [5.41, 5.74) is 1.74. The maximum absolute atomic E-state index is 11.8. The number of hydrogen-bond donors (Lipinski definition) is 2. The molecule has 2 N–H and O–H groups in total. The molecule has 1 rings (SSSR count). The van der Waals surface area contributed by atoms with Crippen LogP contribution in [0, 0.1) is 0 Å². The largest absolute Gasteiger partial charge is 0.319 e. The summed E-state index contributed by atoms with van der Waals surface area (Å²) in [4.78, 5) is 0. The van der Waals surface area contributed by atoms with E-state index in [0.29, 0.717) is 12.2 Å². The summed E-state index contributed by atoms with van der Waals surface area (Å²) in [5.74, 6) is 0.0873. The molecule has 17 heavy (non-hydrogen) atoms. The molecule has 0 spiro atoms. The van der Waals surface area contributed by atoms with Crippen LogP contribution in [0.3, 0.4) is 0 Å². The number of rotatable bonds is 7. The van der Waals surface area contributed by atoms with Crippen molar-refractivity contribution in [3.05, 3.63) is 29.8 Å². The predicted molar refractivity (Wildman–Crippen MR) is 71.8 cm³/mol. The van der Waals surface area contributed by atoms with Gasteiger partial charge >= 0.3 is 0 Å². The molecule has 0 saturated heterocycles. The van der Waals surface area contributed by atoms with Crippen molar-refractivity contribution in [1.29, 1.82) is 0 Å². The third kappa shape index (κ3) is 4.75. The Morgan fingerprint density at radius 2 is 1.94 bits per heavy atom. The highest BCUT2D eigenvalue weighted by Gasteiger charge is 2.11. The molecule has 0 aliphatic carbocycles. The molecule has 1 aromatic rings. The lowest BCUT2D eigenvalue weighted by atomic mass is 10.1. The van der Waals surface area contributed by atoms with Gasteiger partial charge in [-0.15, -0.1) is 0 Å². The van der Waals surface area contributed by atoms with Crippen LogP contribution in [0.25, 0.3) is 0 Å². The molecule has 0 amide bonds. The Kier molecular flexibility index (Phi) is 5.44. The topological polar surface area (TPSA) is 58.2 Å². The minimum Gasteiger partial charge on any atom is -0.319 e.